The van der Waals surface area contributed by atoms with E-state index in [4.69, 9.17) is 9.47 Å². The molecule has 6 rings (SSSR count). The number of aromatic nitrogens is 2. The first kappa shape index (κ1) is 19.9. The fourth-order valence-corrected chi connectivity index (χ4v) is 5.26. The summed E-state index contributed by atoms with van der Waals surface area (Å²) in [6, 6.07) is 13.7. The Balaban J connectivity index is 1.44. The fraction of sp³-hybridized carbons (Fsp3) is 0.308. The Labute approximate surface area is 190 Å². The number of rotatable bonds is 4. The second-order valence-electron chi connectivity index (χ2n) is 8.86. The SMILES string of the molecule is Cn1c2ccccc2c2c(C(=O)NCc3ccc4c(c3)OCO4)cn(C3CCCC3)c(=O)c21. The zero-order chi connectivity index (χ0) is 22.5. The molecule has 7 nitrogen and oxygen atoms in total. The fourth-order valence-electron chi connectivity index (χ4n) is 5.26. The minimum absolute atomic E-state index is 0.0251. The molecule has 2 aromatic carbocycles. The Bertz CT molecular complexity index is 1460. The summed E-state index contributed by atoms with van der Waals surface area (Å²) in [5.41, 5.74) is 2.96. The summed E-state index contributed by atoms with van der Waals surface area (Å²) in [6.07, 6.45) is 5.93. The highest BCUT2D eigenvalue weighted by molar-refractivity contribution is 6.17. The smallest absolute Gasteiger partial charge is 0.275 e. The lowest BCUT2D eigenvalue weighted by Crippen LogP contribution is -2.29. The number of para-hydroxylation sites is 1. The molecule has 0 atom stereocenters. The van der Waals surface area contributed by atoms with Gasteiger partial charge in [-0.05, 0) is 36.6 Å². The largest absolute Gasteiger partial charge is 0.454 e. The zero-order valence-corrected chi connectivity index (χ0v) is 18.5. The molecule has 0 radical (unpaired) electrons. The highest BCUT2D eigenvalue weighted by Gasteiger charge is 2.25. The standard InChI is InChI=1S/C26H25N3O4/c1-28-20-9-5-4-8-18(20)23-19(14-29(26(31)24(23)28)17-6-2-3-7-17)25(30)27-13-16-10-11-21-22(12-16)33-15-32-21/h4-5,8-12,14,17H,2-3,6-7,13,15H2,1H3,(H,27,30). The average Bonchev–Trinajstić information content (AvgIpc) is 3.58. The molecule has 0 saturated heterocycles. The number of hydrogen-bond donors (Lipinski definition) is 1. The van der Waals surface area contributed by atoms with Gasteiger partial charge in [-0.1, -0.05) is 37.1 Å². The summed E-state index contributed by atoms with van der Waals surface area (Å²) in [5.74, 6) is 1.21. The van der Waals surface area contributed by atoms with Crippen LogP contribution >= 0.6 is 0 Å². The lowest BCUT2D eigenvalue weighted by Gasteiger charge is -2.17. The molecule has 1 aliphatic heterocycles. The lowest BCUT2D eigenvalue weighted by molar-refractivity contribution is 0.0951. The van der Waals surface area contributed by atoms with Crippen LogP contribution < -0.4 is 20.3 Å². The van der Waals surface area contributed by atoms with Crippen LogP contribution in [0.1, 0.15) is 47.6 Å². The number of fused-ring (bicyclic) bond motifs is 4. The van der Waals surface area contributed by atoms with Crippen molar-refractivity contribution in [3.8, 4) is 11.5 Å². The van der Waals surface area contributed by atoms with Gasteiger partial charge in [-0.15, -0.1) is 0 Å². The van der Waals surface area contributed by atoms with Crippen molar-refractivity contribution in [2.45, 2.75) is 38.3 Å². The minimum Gasteiger partial charge on any atom is -0.454 e. The molecule has 4 aromatic rings. The normalized spacial score (nSPS) is 15.5. The maximum atomic E-state index is 13.6. The molecule has 0 spiro atoms. The number of hydrogen-bond acceptors (Lipinski definition) is 4. The summed E-state index contributed by atoms with van der Waals surface area (Å²) in [5, 5.41) is 4.68. The number of benzene rings is 2. The predicted octanol–water partition coefficient (Wildman–Crippen LogP) is 4.27. The van der Waals surface area contributed by atoms with E-state index in [0.717, 1.165) is 47.5 Å². The maximum absolute atomic E-state index is 13.6. The van der Waals surface area contributed by atoms with Gasteiger partial charge in [0.2, 0.25) is 6.79 Å². The van der Waals surface area contributed by atoms with E-state index in [1.165, 1.54) is 0 Å². The molecule has 2 aliphatic rings. The van der Waals surface area contributed by atoms with E-state index >= 15 is 0 Å². The molecule has 0 unspecified atom stereocenters. The van der Waals surface area contributed by atoms with Crippen molar-refractivity contribution in [3.05, 3.63) is 70.1 Å². The molecular formula is C26H25N3O4. The first-order valence-electron chi connectivity index (χ1n) is 11.4. The Morgan fingerprint density at radius 3 is 2.73 bits per heavy atom. The van der Waals surface area contributed by atoms with Crippen LogP contribution in [0, 0.1) is 0 Å². The topological polar surface area (TPSA) is 74.5 Å². The average molecular weight is 444 g/mol. The Kier molecular flexibility index (Phi) is 4.64. The van der Waals surface area contributed by atoms with E-state index in [1.807, 2.05) is 54.1 Å². The highest BCUT2D eigenvalue weighted by atomic mass is 16.7. The van der Waals surface area contributed by atoms with E-state index in [9.17, 15) is 9.59 Å². The van der Waals surface area contributed by atoms with Crippen LogP contribution in [0.15, 0.2) is 53.5 Å². The van der Waals surface area contributed by atoms with E-state index in [-0.39, 0.29) is 24.3 Å². The number of aryl methyl sites for hydroxylation is 1. The van der Waals surface area contributed by atoms with Crippen LogP contribution in [0.4, 0.5) is 0 Å². The molecule has 168 valence electrons. The van der Waals surface area contributed by atoms with E-state index in [1.54, 1.807) is 10.8 Å². The van der Waals surface area contributed by atoms with Crippen LogP contribution in [0.2, 0.25) is 0 Å². The van der Waals surface area contributed by atoms with Crippen molar-refractivity contribution < 1.29 is 14.3 Å². The third-order valence-corrected chi connectivity index (χ3v) is 6.93. The molecule has 1 saturated carbocycles. The second-order valence-corrected chi connectivity index (χ2v) is 8.86. The van der Waals surface area contributed by atoms with Gasteiger partial charge in [-0.2, -0.15) is 0 Å². The van der Waals surface area contributed by atoms with Crippen molar-refractivity contribution in [1.82, 2.24) is 14.5 Å². The highest BCUT2D eigenvalue weighted by Crippen LogP contribution is 2.34. The van der Waals surface area contributed by atoms with E-state index in [0.29, 0.717) is 29.1 Å². The summed E-state index contributed by atoms with van der Waals surface area (Å²) in [4.78, 5) is 27.1. The predicted molar refractivity (Wildman–Crippen MR) is 126 cm³/mol. The molecule has 1 N–H and O–H groups in total. The van der Waals surface area contributed by atoms with Crippen LogP contribution in [0.5, 0.6) is 11.5 Å². The van der Waals surface area contributed by atoms with Crippen molar-refractivity contribution in [1.29, 1.82) is 0 Å². The zero-order valence-electron chi connectivity index (χ0n) is 18.5. The molecular weight excluding hydrogens is 418 g/mol. The number of amides is 1. The number of ether oxygens (including phenoxy) is 2. The van der Waals surface area contributed by atoms with E-state index < -0.39 is 0 Å². The van der Waals surface area contributed by atoms with Gasteiger partial charge < -0.3 is 23.9 Å². The number of carbonyl (C=O) groups excluding carboxylic acids is 1. The van der Waals surface area contributed by atoms with E-state index in [2.05, 4.69) is 5.32 Å². The van der Waals surface area contributed by atoms with Crippen molar-refractivity contribution in [3.63, 3.8) is 0 Å². The van der Waals surface area contributed by atoms with Crippen molar-refractivity contribution in [2.75, 3.05) is 6.79 Å². The van der Waals surface area contributed by atoms with Crippen LogP contribution in [0.3, 0.4) is 0 Å². The number of nitrogens with zero attached hydrogens (tertiary/aromatic N) is 2. The Hall–Kier alpha value is -3.74. The molecule has 7 heteroatoms. The summed E-state index contributed by atoms with van der Waals surface area (Å²) < 4.78 is 14.5. The maximum Gasteiger partial charge on any atom is 0.275 e. The van der Waals surface area contributed by atoms with Gasteiger partial charge in [0.05, 0.1) is 5.56 Å². The Morgan fingerprint density at radius 2 is 1.88 bits per heavy atom. The molecule has 1 amide bonds. The molecule has 0 bridgehead atoms. The number of nitrogens with one attached hydrogen (secondary N) is 1. The third-order valence-electron chi connectivity index (χ3n) is 6.93. The lowest BCUT2D eigenvalue weighted by atomic mass is 10.1. The van der Waals surface area contributed by atoms with Gasteiger partial charge in [0.15, 0.2) is 11.5 Å². The number of carbonyl (C=O) groups is 1. The van der Waals surface area contributed by atoms with Crippen LogP contribution in [-0.2, 0) is 13.6 Å². The molecule has 1 fully saturated rings. The van der Waals surface area contributed by atoms with Gasteiger partial charge in [0.25, 0.3) is 11.5 Å². The molecule has 1 aliphatic carbocycles. The van der Waals surface area contributed by atoms with Gasteiger partial charge in [-0.25, -0.2) is 0 Å². The van der Waals surface area contributed by atoms with Crippen LogP contribution in [0.25, 0.3) is 21.8 Å². The second kappa shape index (κ2) is 7.69. The minimum atomic E-state index is -0.194. The number of pyridine rings is 1. The molecule has 3 heterocycles. The quantitative estimate of drug-likeness (QED) is 0.511. The summed E-state index contributed by atoms with van der Waals surface area (Å²) in [6.45, 7) is 0.567. The summed E-state index contributed by atoms with van der Waals surface area (Å²) in [7, 11) is 1.90. The Morgan fingerprint density at radius 1 is 1.09 bits per heavy atom. The molecule has 33 heavy (non-hydrogen) atoms. The summed E-state index contributed by atoms with van der Waals surface area (Å²) >= 11 is 0. The van der Waals surface area contributed by atoms with Gasteiger partial charge in [0.1, 0.15) is 5.52 Å². The van der Waals surface area contributed by atoms with Gasteiger partial charge in [-0.3, -0.25) is 9.59 Å². The monoisotopic (exact) mass is 443 g/mol. The first-order valence-corrected chi connectivity index (χ1v) is 11.4. The van der Waals surface area contributed by atoms with Crippen molar-refractivity contribution in [2.24, 2.45) is 7.05 Å². The van der Waals surface area contributed by atoms with Gasteiger partial charge >= 0.3 is 0 Å². The van der Waals surface area contributed by atoms with Gasteiger partial charge in [0, 0.05) is 42.1 Å². The first-order chi connectivity index (χ1) is 16.1. The third kappa shape index (κ3) is 3.18. The van der Waals surface area contributed by atoms with Crippen LogP contribution in [-0.4, -0.2) is 21.8 Å². The van der Waals surface area contributed by atoms with Crippen molar-refractivity contribution >= 4 is 27.7 Å². The molecule has 2 aromatic heterocycles.